The average molecular weight is 494 g/mol. The highest BCUT2D eigenvalue weighted by atomic mass is 35.5. The highest BCUT2D eigenvalue weighted by molar-refractivity contribution is 6.42. The Morgan fingerprint density at radius 3 is 2.56 bits per heavy atom. The molecule has 0 aliphatic heterocycles. The van der Waals surface area contributed by atoms with Gasteiger partial charge in [-0.1, -0.05) is 31.5 Å². The van der Waals surface area contributed by atoms with Crippen molar-refractivity contribution in [2.45, 2.75) is 26.9 Å². The van der Waals surface area contributed by atoms with Gasteiger partial charge < -0.3 is 24.8 Å². The van der Waals surface area contributed by atoms with Crippen molar-refractivity contribution in [1.29, 1.82) is 5.41 Å². The number of hydrogen-bond acceptors (Lipinski definition) is 9. The Bertz CT molecular complexity index is 1090. The highest BCUT2D eigenvalue weighted by Gasteiger charge is 2.30. The predicted molar refractivity (Wildman–Crippen MR) is 129 cm³/mol. The summed E-state index contributed by atoms with van der Waals surface area (Å²) in [6.07, 6.45) is -0.0507. The molecule has 3 N–H and O–H groups in total. The lowest BCUT2D eigenvalue weighted by molar-refractivity contribution is -0.135. The van der Waals surface area contributed by atoms with Crippen molar-refractivity contribution in [3.8, 4) is 5.88 Å². The van der Waals surface area contributed by atoms with Gasteiger partial charge in [-0.2, -0.15) is 4.98 Å². The molecule has 0 spiro atoms. The van der Waals surface area contributed by atoms with E-state index in [-0.39, 0.29) is 34.6 Å². The number of aliphatic hydroxyl groups excluding tert-OH is 1. The van der Waals surface area contributed by atoms with Crippen molar-refractivity contribution in [1.82, 2.24) is 9.97 Å². The maximum absolute atomic E-state index is 14.1. The van der Waals surface area contributed by atoms with Gasteiger partial charge in [0.25, 0.3) is 0 Å². The van der Waals surface area contributed by atoms with E-state index >= 15 is 0 Å². The van der Waals surface area contributed by atoms with E-state index in [1.54, 1.807) is 39.8 Å². The molecule has 0 radical (unpaired) electrons. The zero-order chi connectivity index (χ0) is 25.6. The quantitative estimate of drug-likeness (QED) is 0.335. The normalized spacial score (nSPS) is 12.6. The number of halogens is 2. The van der Waals surface area contributed by atoms with Crippen LogP contribution in [-0.4, -0.2) is 54.6 Å². The summed E-state index contributed by atoms with van der Waals surface area (Å²) < 4.78 is 24.5. The van der Waals surface area contributed by atoms with Crippen LogP contribution in [0.25, 0.3) is 0 Å². The van der Waals surface area contributed by atoms with E-state index in [2.05, 4.69) is 15.3 Å². The number of carbonyl (C=O) groups excluding carboxylic acids is 1. The van der Waals surface area contributed by atoms with Crippen LogP contribution in [0.3, 0.4) is 0 Å². The molecular formula is C23H29ClFN5O4. The number of nitrogens with one attached hydrogen (secondary N) is 2. The molecule has 0 aliphatic carbocycles. The smallest absolute Gasteiger partial charge is 0.356 e. The van der Waals surface area contributed by atoms with Gasteiger partial charge in [-0.05, 0) is 30.5 Å². The second kappa shape index (κ2) is 11.8. The van der Waals surface area contributed by atoms with Crippen molar-refractivity contribution < 1.29 is 23.8 Å². The third-order valence-corrected chi connectivity index (χ3v) is 5.06. The topological polar surface area (TPSA) is 121 Å². The van der Waals surface area contributed by atoms with Gasteiger partial charge in [0.05, 0.1) is 24.9 Å². The molecule has 0 aliphatic rings. The zero-order valence-electron chi connectivity index (χ0n) is 19.9. The van der Waals surface area contributed by atoms with Crippen LogP contribution in [0.4, 0.5) is 16.0 Å². The Morgan fingerprint density at radius 2 is 2.03 bits per heavy atom. The molecule has 2 aromatic rings. The molecule has 0 saturated carbocycles. The van der Waals surface area contributed by atoms with Crippen LogP contribution in [0.5, 0.6) is 5.88 Å². The second-order valence-electron chi connectivity index (χ2n) is 7.77. The minimum atomic E-state index is -1.54. The minimum Gasteiger partial charge on any atom is -0.479 e. The predicted octanol–water partition coefficient (Wildman–Crippen LogP) is 3.98. The van der Waals surface area contributed by atoms with Crippen LogP contribution in [-0.2, 0) is 9.53 Å². The summed E-state index contributed by atoms with van der Waals surface area (Å²) in [5, 5.41) is 22.7. The first kappa shape index (κ1) is 27.0. The number of benzene rings is 1. The number of allylic oxidation sites excluding steroid dienone is 1. The van der Waals surface area contributed by atoms with E-state index in [0.29, 0.717) is 17.3 Å². The van der Waals surface area contributed by atoms with Gasteiger partial charge in [0.2, 0.25) is 11.8 Å². The van der Waals surface area contributed by atoms with E-state index in [9.17, 15) is 14.3 Å². The fourth-order valence-corrected chi connectivity index (χ4v) is 3.18. The van der Waals surface area contributed by atoms with Gasteiger partial charge in [0.1, 0.15) is 23.3 Å². The summed E-state index contributed by atoms with van der Waals surface area (Å²) in [4.78, 5) is 22.8. The number of hydrogen-bond donors (Lipinski definition) is 3. The van der Waals surface area contributed by atoms with Crippen LogP contribution in [0, 0.1) is 17.1 Å². The SMILES string of the molecule is CCOC(=O)C(=N)/C(=C(\Nc1cnc(N(C)C)nc1OC)C(C)C)C(O)c1ccc(Cl)c(F)c1. The molecule has 1 heterocycles. The van der Waals surface area contributed by atoms with Crippen molar-refractivity contribution in [2.75, 3.05) is 38.0 Å². The molecule has 0 bridgehead atoms. The Labute approximate surface area is 203 Å². The Balaban J connectivity index is 2.70. The Kier molecular flexibility index (Phi) is 9.34. The highest BCUT2D eigenvalue weighted by Crippen LogP contribution is 2.33. The van der Waals surface area contributed by atoms with Gasteiger partial charge in [0, 0.05) is 25.4 Å². The zero-order valence-corrected chi connectivity index (χ0v) is 20.7. The Morgan fingerprint density at radius 1 is 1.35 bits per heavy atom. The number of rotatable bonds is 10. The number of nitrogens with zero attached hydrogens (tertiary/aromatic N) is 3. The molecule has 34 heavy (non-hydrogen) atoms. The molecule has 184 valence electrons. The summed E-state index contributed by atoms with van der Waals surface area (Å²) in [5.41, 5.74) is 0.0949. The van der Waals surface area contributed by atoms with Crippen LogP contribution >= 0.6 is 11.6 Å². The number of esters is 1. The van der Waals surface area contributed by atoms with Crippen molar-refractivity contribution in [2.24, 2.45) is 5.92 Å². The van der Waals surface area contributed by atoms with Gasteiger partial charge >= 0.3 is 5.97 Å². The summed E-state index contributed by atoms with van der Waals surface area (Å²) in [5.74, 6) is -1.37. The first-order chi connectivity index (χ1) is 16.0. The fraction of sp³-hybridized carbons (Fsp3) is 0.391. The van der Waals surface area contributed by atoms with E-state index in [4.69, 9.17) is 26.5 Å². The number of ether oxygens (including phenoxy) is 2. The van der Waals surface area contributed by atoms with Crippen LogP contribution < -0.4 is 15.0 Å². The lowest BCUT2D eigenvalue weighted by atomic mass is 9.91. The standard InChI is InChI=1S/C23H29ClFN5O4/c1-7-34-22(32)18(26)17(20(31)13-8-9-14(24)15(25)10-13)19(12(2)3)28-16-11-27-23(30(4)5)29-21(16)33-6/h8-12,20,26,28,31H,7H2,1-6H3/b19-17+,26-18?. The summed E-state index contributed by atoms with van der Waals surface area (Å²) in [6.45, 7) is 5.25. The molecule has 1 aromatic carbocycles. The third-order valence-electron chi connectivity index (χ3n) is 4.75. The maximum atomic E-state index is 14.1. The lowest BCUT2D eigenvalue weighted by Crippen LogP contribution is -2.27. The largest absolute Gasteiger partial charge is 0.479 e. The first-order valence-electron chi connectivity index (χ1n) is 10.5. The average Bonchev–Trinajstić information content (AvgIpc) is 2.80. The molecule has 1 atom stereocenters. The molecule has 0 amide bonds. The second-order valence-corrected chi connectivity index (χ2v) is 8.17. The molecule has 11 heteroatoms. The maximum Gasteiger partial charge on any atom is 0.356 e. The number of aromatic nitrogens is 2. The summed E-state index contributed by atoms with van der Waals surface area (Å²) in [6, 6.07) is 3.77. The lowest BCUT2D eigenvalue weighted by Gasteiger charge is -2.25. The number of methoxy groups -OCH3 is 1. The molecule has 9 nitrogen and oxygen atoms in total. The Hall–Kier alpha value is -3.24. The van der Waals surface area contributed by atoms with E-state index < -0.39 is 23.6 Å². The van der Waals surface area contributed by atoms with Crippen LogP contribution in [0.1, 0.15) is 32.4 Å². The molecule has 2 rings (SSSR count). The van der Waals surface area contributed by atoms with E-state index in [1.165, 1.54) is 25.4 Å². The molecular weight excluding hydrogens is 465 g/mol. The summed E-state index contributed by atoms with van der Waals surface area (Å²) >= 11 is 5.78. The van der Waals surface area contributed by atoms with Gasteiger partial charge in [-0.25, -0.2) is 14.2 Å². The monoisotopic (exact) mass is 493 g/mol. The van der Waals surface area contributed by atoms with Crippen LogP contribution in [0.15, 0.2) is 35.7 Å². The molecule has 0 fully saturated rings. The number of carbonyl (C=O) groups is 1. The molecule has 1 unspecified atom stereocenters. The van der Waals surface area contributed by atoms with Gasteiger partial charge in [-0.3, -0.25) is 5.41 Å². The number of aliphatic hydroxyl groups is 1. The minimum absolute atomic E-state index is 0.0399. The van der Waals surface area contributed by atoms with Gasteiger partial charge in [-0.15, -0.1) is 0 Å². The summed E-state index contributed by atoms with van der Waals surface area (Å²) in [7, 11) is 5.00. The van der Waals surface area contributed by atoms with Crippen molar-refractivity contribution >= 4 is 34.9 Å². The fourth-order valence-electron chi connectivity index (χ4n) is 3.06. The van der Waals surface area contributed by atoms with Crippen molar-refractivity contribution in [3.63, 3.8) is 0 Å². The van der Waals surface area contributed by atoms with Gasteiger partial charge in [0.15, 0.2) is 0 Å². The molecule has 1 aromatic heterocycles. The van der Waals surface area contributed by atoms with Crippen LogP contribution in [0.2, 0.25) is 5.02 Å². The molecule has 0 saturated heterocycles. The van der Waals surface area contributed by atoms with Crippen molar-refractivity contribution in [3.05, 3.63) is 52.1 Å². The van der Waals surface area contributed by atoms with E-state index in [1.807, 2.05) is 0 Å². The number of anilines is 2. The first-order valence-corrected chi connectivity index (χ1v) is 10.9. The van der Waals surface area contributed by atoms with E-state index in [0.717, 1.165) is 6.07 Å². The third kappa shape index (κ3) is 6.21.